The molecule has 56 valence electrons. The molecule has 0 amide bonds. The van der Waals surface area contributed by atoms with Gasteiger partial charge in [-0.15, -0.1) is 0 Å². The first-order valence-electron chi connectivity index (χ1n) is 2.92. The second kappa shape index (κ2) is 4.50. The highest BCUT2D eigenvalue weighted by atomic mass is 35.5. The minimum absolute atomic E-state index is 0.755. The first kappa shape index (κ1) is 7.79. The molecule has 0 saturated heterocycles. The van der Waals surface area contributed by atoms with Gasteiger partial charge in [0.25, 0.3) is 0 Å². The van der Waals surface area contributed by atoms with Gasteiger partial charge >= 0.3 is 0 Å². The Bertz CT molecular complexity index is 267. The molecule has 0 saturated carbocycles. The lowest BCUT2D eigenvalue weighted by Gasteiger charge is -1.84. The topological polar surface area (TPSA) is 34.0 Å². The van der Waals surface area contributed by atoms with Crippen molar-refractivity contribution in [2.45, 2.75) is 0 Å². The lowest BCUT2D eigenvalue weighted by Crippen LogP contribution is -1.61. The van der Waals surface area contributed by atoms with Gasteiger partial charge in [-0.1, -0.05) is 18.2 Å². The number of nitrogens with zero attached hydrogens (tertiary/aromatic N) is 2. The van der Waals surface area contributed by atoms with Gasteiger partial charge in [-0.05, 0) is 12.1 Å². The molecule has 0 aliphatic carbocycles. The second-order valence-corrected chi connectivity index (χ2v) is 1.85. The number of para-hydroxylation sites is 1. The Labute approximate surface area is 69.1 Å². The van der Waals surface area contributed by atoms with E-state index in [2.05, 4.69) is 20.5 Å². The quantitative estimate of drug-likeness (QED) is 0.494. The van der Waals surface area contributed by atoms with Crippen molar-refractivity contribution in [3.05, 3.63) is 30.3 Å². The summed E-state index contributed by atoms with van der Waals surface area (Å²) < 4.78 is 3.86. The highest BCUT2D eigenvalue weighted by Crippen LogP contribution is 2.07. The molecule has 1 rings (SSSR count). The lowest BCUT2D eigenvalue weighted by atomic mass is 10.3. The molecular formula is C7H5ClN2O. The van der Waals surface area contributed by atoms with E-state index in [0.717, 1.165) is 5.69 Å². The van der Waals surface area contributed by atoms with Crippen LogP contribution >= 0.6 is 11.9 Å². The molecule has 0 aliphatic heterocycles. The van der Waals surface area contributed by atoms with E-state index < -0.39 is 0 Å². The SMILES string of the molecule is ClON=C=Nc1ccccc1. The lowest BCUT2D eigenvalue weighted by molar-refractivity contribution is 0.384. The van der Waals surface area contributed by atoms with Gasteiger partial charge in [0, 0.05) is 5.16 Å². The van der Waals surface area contributed by atoms with E-state index in [1.165, 1.54) is 0 Å². The molecule has 1 aromatic rings. The number of hydrogen-bond acceptors (Lipinski definition) is 3. The normalized spacial score (nSPS) is 8.09. The van der Waals surface area contributed by atoms with E-state index in [1.54, 1.807) is 0 Å². The average molecular weight is 169 g/mol. The minimum Gasteiger partial charge on any atom is -0.267 e. The highest BCUT2D eigenvalue weighted by molar-refractivity contribution is 6.07. The van der Waals surface area contributed by atoms with Crippen LogP contribution in [-0.4, -0.2) is 6.01 Å². The monoisotopic (exact) mass is 168 g/mol. The van der Waals surface area contributed by atoms with Crippen LogP contribution < -0.4 is 0 Å². The number of halogens is 1. The minimum atomic E-state index is 0.755. The van der Waals surface area contributed by atoms with Crippen LogP contribution in [0.3, 0.4) is 0 Å². The van der Waals surface area contributed by atoms with Crippen LogP contribution in [0.15, 0.2) is 40.5 Å². The van der Waals surface area contributed by atoms with Crippen LogP contribution in [0.1, 0.15) is 0 Å². The molecule has 11 heavy (non-hydrogen) atoms. The van der Waals surface area contributed by atoms with Gasteiger partial charge in [-0.3, -0.25) is 4.39 Å². The van der Waals surface area contributed by atoms with Gasteiger partial charge in [0.15, 0.2) is 11.9 Å². The molecule has 0 fully saturated rings. The van der Waals surface area contributed by atoms with Gasteiger partial charge in [0.2, 0.25) is 0 Å². The molecule has 0 aliphatic rings. The number of aliphatic imine (C=N–C) groups is 1. The first-order chi connectivity index (χ1) is 5.43. The Balaban J connectivity index is 2.72. The first-order valence-corrected chi connectivity index (χ1v) is 3.23. The van der Waals surface area contributed by atoms with Crippen LogP contribution in [0.2, 0.25) is 0 Å². The maximum absolute atomic E-state index is 4.78. The maximum Gasteiger partial charge on any atom is 0.168 e. The van der Waals surface area contributed by atoms with Gasteiger partial charge < -0.3 is 0 Å². The van der Waals surface area contributed by atoms with Crippen molar-refractivity contribution in [1.29, 1.82) is 0 Å². The standard InChI is InChI=1S/C7H5ClN2O/c8-11-10-6-9-7-4-2-1-3-5-7/h1-5H. The molecule has 0 spiro atoms. The van der Waals surface area contributed by atoms with Crippen LogP contribution in [-0.2, 0) is 4.39 Å². The van der Waals surface area contributed by atoms with Crippen molar-refractivity contribution in [2.24, 2.45) is 10.1 Å². The summed E-state index contributed by atoms with van der Waals surface area (Å²) in [6, 6.07) is 11.5. The Morgan fingerprint density at radius 3 is 2.64 bits per heavy atom. The van der Waals surface area contributed by atoms with E-state index >= 15 is 0 Å². The number of hydrogen-bond donors (Lipinski definition) is 0. The summed E-state index contributed by atoms with van der Waals surface area (Å²) in [4.78, 5) is 3.77. The Morgan fingerprint density at radius 2 is 2.00 bits per heavy atom. The highest BCUT2D eigenvalue weighted by Gasteiger charge is 1.80. The smallest absolute Gasteiger partial charge is 0.168 e. The summed E-state index contributed by atoms with van der Waals surface area (Å²) in [6.07, 6.45) is 0. The predicted molar refractivity (Wildman–Crippen MR) is 42.9 cm³/mol. The van der Waals surface area contributed by atoms with Crippen LogP contribution in [0.5, 0.6) is 0 Å². The Hall–Kier alpha value is -1.31. The van der Waals surface area contributed by atoms with Crippen LogP contribution in [0.4, 0.5) is 5.69 Å². The summed E-state index contributed by atoms with van der Waals surface area (Å²) in [7, 11) is 0. The van der Waals surface area contributed by atoms with Crippen molar-refractivity contribution < 1.29 is 4.39 Å². The average Bonchev–Trinajstić information content (AvgIpc) is 2.07. The molecule has 0 bridgehead atoms. The summed E-state index contributed by atoms with van der Waals surface area (Å²) in [5.41, 5.74) is 0.755. The maximum atomic E-state index is 4.78. The third-order valence-corrected chi connectivity index (χ3v) is 1.08. The van der Waals surface area contributed by atoms with Crippen LogP contribution in [0.25, 0.3) is 0 Å². The molecule has 1 aromatic carbocycles. The molecule has 0 heterocycles. The van der Waals surface area contributed by atoms with Gasteiger partial charge in [0.1, 0.15) is 6.01 Å². The molecule has 0 radical (unpaired) electrons. The number of benzene rings is 1. The van der Waals surface area contributed by atoms with Gasteiger partial charge in [-0.25, -0.2) is 0 Å². The van der Waals surface area contributed by atoms with E-state index in [1.807, 2.05) is 30.3 Å². The van der Waals surface area contributed by atoms with Crippen LogP contribution in [0, 0.1) is 0 Å². The van der Waals surface area contributed by atoms with E-state index in [9.17, 15) is 0 Å². The molecule has 4 heteroatoms. The summed E-state index contributed by atoms with van der Waals surface area (Å²) in [5, 5.41) is 3.12. The third-order valence-electron chi connectivity index (χ3n) is 1.01. The summed E-state index contributed by atoms with van der Waals surface area (Å²) >= 11 is 4.78. The fraction of sp³-hybridized carbons (Fsp3) is 0. The van der Waals surface area contributed by atoms with E-state index in [0.29, 0.717) is 0 Å². The zero-order valence-corrected chi connectivity index (χ0v) is 6.32. The number of rotatable bonds is 2. The fourth-order valence-electron chi connectivity index (χ4n) is 0.596. The third kappa shape index (κ3) is 2.85. The van der Waals surface area contributed by atoms with Gasteiger partial charge in [0.05, 0.1) is 5.69 Å². The van der Waals surface area contributed by atoms with Crippen molar-refractivity contribution >= 4 is 23.6 Å². The Kier molecular flexibility index (Phi) is 3.19. The predicted octanol–water partition coefficient (Wildman–Crippen LogP) is 2.58. The fourth-order valence-corrected chi connectivity index (χ4v) is 0.627. The molecule has 0 atom stereocenters. The summed E-state index contributed by atoms with van der Waals surface area (Å²) in [6.45, 7) is 0. The Morgan fingerprint density at radius 1 is 1.27 bits per heavy atom. The zero-order chi connectivity index (χ0) is 7.94. The molecule has 0 N–H and O–H groups in total. The molecule has 0 unspecified atom stereocenters. The van der Waals surface area contributed by atoms with Crippen molar-refractivity contribution in [1.82, 2.24) is 0 Å². The van der Waals surface area contributed by atoms with E-state index in [-0.39, 0.29) is 0 Å². The largest absolute Gasteiger partial charge is 0.267 e. The van der Waals surface area contributed by atoms with Crippen molar-refractivity contribution in [3.8, 4) is 0 Å². The molecular weight excluding hydrogens is 164 g/mol. The van der Waals surface area contributed by atoms with Crippen molar-refractivity contribution in [2.75, 3.05) is 0 Å². The summed E-state index contributed by atoms with van der Waals surface area (Å²) in [5.74, 6) is 0. The van der Waals surface area contributed by atoms with Crippen molar-refractivity contribution in [3.63, 3.8) is 0 Å². The second-order valence-electron chi connectivity index (χ2n) is 1.71. The molecule has 0 aromatic heterocycles. The zero-order valence-electron chi connectivity index (χ0n) is 5.57. The van der Waals surface area contributed by atoms with Gasteiger partial charge in [-0.2, -0.15) is 4.99 Å². The molecule has 3 nitrogen and oxygen atoms in total. The van der Waals surface area contributed by atoms with E-state index in [4.69, 9.17) is 11.9 Å².